The summed E-state index contributed by atoms with van der Waals surface area (Å²) < 4.78 is 5.22. The van der Waals surface area contributed by atoms with Crippen molar-refractivity contribution >= 4 is 5.69 Å². The Balaban J connectivity index is 2.29. The molecule has 1 aliphatic heterocycles. The van der Waals surface area contributed by atoms with Crippen molar-refractivity contribution in [2.45, 2.75) is 18.9 Å². The van der Waals surface area contributed by atoms with E-state index in [4.69, 9.17) is 15.3 Å². The molecule has 0 aliphatic carbocycles. The van der Waals surface area contributed by atoms with Gasteiger partial charge in [-0.2, -0.15) is 10.5 Å². The Hall–Kier alpha value is -2.04. The molecule has 92 valence electrons. The van der Waals surface area contributed by atoms with Crippen molar-refractivity contribution in [1.82, 2.24) is 0 Å². The third kappa shape index (κ3) is 2.30. The molecular formula is C14H15N3O. The van der Waals surface area contributed by atoms with Gasteiger partial charge in [0.15, 0.2) is 0 Å². The van der Waals surface area contributed by atoms with Crippen molar-refractivity contribution in [1.29, 1.82) is 10.5 Å². The van der Waals surface area contributed by atoms with Crippen molar-refractivity contribution in [3.63, 3.8) is 0 Å². The van der Waals surface area contributed by atoms with Gasteiger partial charge in [-0.05, 0) is 31.0 Å². The lowest BCUT2D eigenvalue weighted by atomic mass is 10.1. The van der Waals surface area contributed by atoms with Gasteiger partial charge in [-0.25, -0.2) is 0 Å². The molecule has 18 heavy (non-hydrogen) atoms. The van der Waals surface area contributed by atoms with Crippen LogP contribution in [-0.2, 0) is 4.74 Å². The molecule has 0 radical (unpaired) electrons. The van der Waals surface area contributed by atoms with E-state index in [1.165, 1.54) is 0 Å². The lowest BCUT2D eigenvalue weighted by Gasteiger charge is -2.26. The van der Waals surface area contributed by atoms with Crippen LogP contribution in [0.2, 0.25) is 0 Å². The van der Waals surface area contributed by atoms with E-state index in [9.17, 15) is 0 Å². The van der Waals surface area contributed by atoms with Gasteiger partial charge in [0.05, 0.1) is 23.8 Å². The van der Waals surface area contributed by atoms with Crippen molar-refractivity contribution < 1.29 is 4.74 Å². The highest BCUT2D eigenvalue weighted by atomic mass is 16.5. The number of hydrogen-bond acceptors (Lipinski definition) is 4. The normalized spacial score (nSPS) is 18.4. The monoisotopic (exact) mass is 241 g/mol. The second-order valence-electron chi connectivity index (χ2n) is 4.40. The van der Waals surface area contributed by atoms with E-state index in [2.05, 4.69) is 11.0 Å². The molecule has 0 aromatic heterocycles. The summed E-state index contributed by atoms with van der Waals surface area (Å²) in [6, 6.07) is 9.91. The molecule has 0 spiro atoms. The summed E-state index contributed by atoms with van der Waals surface area (Å²) in [6.45, 7) is 1.67. The van der Waals surface area contributed by atoms with Crippen LogP contribution in [0, 0.1) is 22.7 Å². The minimum Gasteiger partial charge on any atom is -0.383 e. The molecule has 4 nitrogen and oxygen atoms in total. The first-order valence-electron chi connectivity index (χ1n) is 6.00. The van der Waals surface area contributed by atoms with Gasteiger partial charge < -0.3 is 9.64 Å². The SMILES string of the molecule is COCC1CCCN1c1ccc(C#N)c(C#N)c1. The van der Waals surface area contributed by atoms with Crippen molar-refractivity contribution in [3.05, 3.63) is 29.3 Å². The van der Waals surface area contributed by atoms with Gasteiger partial charge in [0.25, 0.3) is 0 Å². The first-order chi connectivity index (χ1) is 8.80. The molecule has 1 fully saturated rings. The molecule has 4 heteroatoms. The zero-order valence-corrected chi connectivity index (χ0v) is 10.4. The van der Waals surface area contributed by atoms with E-state index in [1.807, 2.05) is 12.1 Å². The first kappa shape index (κ1) is 12.4. The van der Waals surface area contributed by atoms with E-state index >= 15 is 0 Å². The van der Waals surface area contributed by atoms with Gasteiger partial charge in [-0.1, -0.05) is 0 Å². The summed E-state index contributed by atoms with van der Waals surface area (Å²) in [6.07, 6.45) is 2.24. The summed E-state index contributed by atoms with van der Waals surface area (Å²) in [5, 5.41) is 17.9. The van der Waals surface area contributed by atoms with Gasteiger partial charge in [-0.3, -0.25) is 0 Å². The Kier molecular flexibility index (Phi) is 3.82. The number of benzene rings is 1. The Bertz CT molecular complexity index is 513. The minimum absolute atomic E-state index is 0.370. The Morgan fingerprint density at radius 1 is 1.33 bits per heavy atom. The molecular weight excluding hydrogens is 226 g/mol. The fourth-order valence-electron chi connectivity index (χ4n) is 2.44. The van der Waals surface area contributed by atoms with Gasteiger partial charge in [0, 0.05) is 19.3 Å². The van der Waals surface area contributed by atoms with E-state index in [1.54, 1.807) is 19.2 Å². The lowest BCUT2D eigenvalue weighted by molar-refractivity contribution is 0.181. The van der Waals surface area contributed by atoms with Crippen LogP contribution in [0.5, 0.6) is 0 Å². The molecule has 0 N–H and O–H groups in total. The van der Waals surface area contributed by atoms with Crippen LogP contribution in [0.1, 0.15) is 24.0 Å². The third-order valence-electron chi connectivity index (χ3n) is 3.31. The summed E-state index contributed by atoms with van der Waals surface area (Å²) in [5.41, 5.74) is 1.88. The standard InChI is InChI=1S/C14H15N3O/c1-18-10-14-3-2-6-17(14)13-5-4-11(8-15)12(7-13)9-16/h4-5,7,14H,2-3,6,10H2,1H3. The van der Waals surface area contributed by atoms with Crippen LogP contribution in [0.25, 0.3) is 0 Å². The van der Waals surface area contributed by atoms with Crippen LogP contribution >= 0.6 is 0 Å². The fraction of sp³-hybridized carbons (Fsp3) is 0.429. The number of nitrogens with zero attached hydrogens (tertiary/aromatic N) is 3. The van der Waals surface area contributed by atoms with Crippen LogP contribution in [-0.4, -0.2) is 26.3 Å². The lowest BCUT2D eigenvalue weighted by Crippen LogP contribution is -2.32. The zero-order valence-electron chi connectivity index (χ0n) is 10.4. The van der Waals surface area contributed by atoms with Crippen molar-refractivity contribution in [2.24, 2.45) is 0 Å². The van der Waals surface area contributed by atoms with E-state index in [-0.39, 0.29) is 0 Å². The summed E-state index contributed by atoms with van der Waals surface area (Å²) in [4.78, 5) is 2.26. The van der Waals surface area contributed by atoms with E-state index < -0.39 is 0 Å². The topological polar surface area (TPSA) is 60.0 Å². The predicted octanol–water partition coefficient (Wildman–Crippen LogP) is 2.05. The molecule has 1 aromatic rings. The number of rotatable bonds is 3. The quantitative estimate of drug-likeness (QED) is 0.812. The molecule has 0 saturated carbocycles. The van der Waals surface area contributed by atoms with Gasteiger partial charge in [0.1, 0.15) is 12.1 Å². The highest BCUT2D eigenvalue weighted by molar-refractivity contribution is 5.58. The molecule has 1 aromatic carbocycles. The summed E-state index contributed by atoms with van der Waals surface area (Å²) in [5.74, 6) is 0. The largest absolute Gasteiger partial charge is 0.383 e. The van der Waals surface area contributed by atoms with Crippen LogP contribution < -0.4 is 4.90 Å². The van der Waals surface area contributed by atoms with Crippen LogP contribution in [0.15, 0.2) is 18.2 Å². The average molecular weight is 241 g/mol. The van der Waals surface area contributed by atoms with Crippen molar-refractivity contribution in [3.8, 4) is 12.1 Å². The second kappa shape index (κ2) is 5.53. The molecule has 0 amide bonds. The third-order valence-corrected chi connectivity index (χ3v) is 3.31. The maximum absolute atomic E-state index is 9.04. The van der Waals surface area contributed by atoms with Crippen LogP contribution in [0.3, 0.4) is 0 Å². The maximum atomic E-state index is 9.04. The number of hydrogen-bond donors (Lipinski definition) is 0. The molecule has 2 rings (SSSR count). The summed E-state index contributed by atoms with van der Waals surface area (Å²) >= 11 is 0. The maximum Gasteiger partial charge on any atom is 0.101 e. The molecule has 0 bridgehead atoms. The van der Waals surface area contributed by atoms with E-state index in [0.717, 1.165) is 25.1 Å². The number of anilines is 1. The average Bonchev–Trinajstić information content (AvgIpc) is 2.86. The van der Waals surface area contributed by atoms with Crippen LogP contribution in [0.4, 0.5) is 5.69 Å². The smallest absolute Gasteiger partial charge is 0.101 e. The molecule has 1 heterocycles. The predicted molar refractivity (Wildman–Crippen MR) is 68.1 cm³/mol. The Morgan fingerprint density at radius 2 is 2.11 bits per heavy atom. The Labute approximate surface area is 107 Å². The molecule has 1 atom stereocenters. The summed E-state index contributed by atoms with van der Waals surface area (Å²) in [7, 11) is 1.70. The molecule has 1 saturated heterocycles. The number of ether oxygens (including phenoxy) is 1. The molecule has 1 unspecified atom stereocenters. The highest BCUT2D eigenvalue weighted by Gasteiger charge is 2.25. The highest BCUT2D eigenvalue weighted by Crippen LogP contribution is 2.27. The van der Waals surface area contributed by atoms with Gasteiger partial charge >= 0.3 is 0 Å². The first-order valence-corrected chi connectivity index (χ1v) is 6.00. The minimum atomic E-state index is 0.370. The number of methoxy groups -OCH3 is 1. The van der Waals surface area contributed by atoms with Gasteiger partial charge in [-0.15, -0.1) is 0 Å². The van der Waals surface area contributed by atoms with Crippen molar-refractivity contribution in [2.75, 3.05) is 25.2 Å². The Morgan fingerprint density at radius 3 is 2.78 bits per heavy atom. The van der Waals surface area contributed by atoms with E-state index in [0.29, 0.717) is 23.8 Å². The fourth-order valence-corrected chi connectivity index (χ4v) is 2.44. The molecule has 1 aliphatic rings. The van der Waals surface area contributed by atoms with Gasteiger partial charge in [0.2, 0.25) is 0 Å². The second-order valence-corrected chi connectivity index (χ2v) is 4.40. The zero-order chi connectivity index (χ0) is 13.0. The number of nitriles is 2.